The smallest absolute Gasteiger partial charge is 0.148 e. The van der Waals surface area contributed by atoms with E-state index in [0.717, 1.165) is 0 Å². The van der Waals surface area contributed by atoms with E-state index in [1.165, 1.54) is 6.20 Å². The van der Waals surface area contributed by atoms with E-state index < -0.39 is 0 Å². The van der Waals surface area contributed by atoms with Crippen molar-refractivity contribution in [3.63, 3.8) is 0 Å². The SMILES string of the molecule is Clc1cn[c]c(Br)n1. The van der Waals surface area contributed by atoms with Gasteiger partial charge in [-0.1, -0.05) is 11.6 Å². The minimum Gasteiger partial charge on any atom is -0.248 e. The zero-order valence-corrected chi connectivity index (χ0v) is 6.07. The molecule has 1 aromatic rings. The summed E-state index contributed by atoms with van der Waals surface area (Å²) in [6, 6.07) is 0. The number of aromatic nitrogens is 2. The molecule has 41 valence electrons. The van der Waals surface area contributed by atoms with Gasteiger partial charge in [-0.05, 0) is 15.9 Å². The lowest BCUT2D eigenvalue weighted by atomic mass is 10.8. The first-order valence-corrected chi connectivity index (χ1v) is 3.02. The molecule has 0 unspecified atom stereocenters. The van der Waals surface area contributed by atoms with Crippen LogP contribution in [0.15, 0.2) is 10.8 Å². The van der Waals surface area contributed by atoms with Crippen molar-refractivity contribution in [2.75, 3.05) is 0 Å². The van der Waals surface area contributed by atoms with Crippen LogP contribution >= 0.6 is 27.5 Å². The first-order valence-electron chi connectivity index (χ1n) is 1.85. The van der Waals surface area contributed by atoms with Crippen molar-refractivity contribution in [1.82, 2.24) is 9.97 Å². The third-order valence-electron chi connectivity index (χ3n) is 0.533. The summed E-state index contributed by atoms with van der Waals surface area (Å²) in [5.74, 6) is 0. The summed E-state index contributed by atoms with van der Waals surface area (Å²) in [5, 5.41) is 0.371. The van der Waals surface area contributed by atoms with Gasteiger partial charge >= 0.3 is 0 Å². The summed E-state index contributed by atoms with van der Waals surface area (Å²) in [4.78, 5) is 7.36. The largest absolute Gasteiger partial charge is 0.248 e. The highest BCUT2D eigenvalue weighted by Crippen LogP contribution is 2.06. The molecule has 0 saturated heterocycles. The standard InChI is InChI=1S/C4HBrClN2/c5-3-1-7-2-4(6)8-3/h2H. The Kier molecular flexibility index (Phi) is 1.81. The maximum absolute atomic E-state index is 5.42. The summed E-state index contributed by atoms with van der Waals surface area (Å²) >= 11 is 8.47. The van der Waals surface area contributed by atoms with E-state index in [9.17, 15) is 0 Å². The van der Waals surface area contributed by atoms with Crippen molar-refractivity contribution >= 4 is 27.5 Å². The third-order valence-corrected chi connectivity index (χ3v) is 1.07. The average molecular weight is 192 g/mol. The molecule has 0 aliphatic rings. The van der Waals surface area contributed by atoms with Gasteiger partial charge in [0.2, 0.25) is 0 Å². The van der Waals surface area contributed by atoms with E-state index in [-0.39, 0.29) is 0 Å². The number of hydrogen-bond donors (Lipinski definition) is 0. The third kappa shape index (κ3) is 1.42. The zero-order valence-electron chi connectivity index (χ0n) is 3.73. The molecule has 0 aromatic carbocycles. The molecule has 0 fully saturated rings. The molecule has 0 atom stereocenters. The van der Waals surface area contributed by atoms with Crippen molar-refractivity contribution in [3.05, 3.63) is 22.1 Å². The molecule has 2 nitrogen and oxygen atoms in total. The van der Waals surface area contributed by atoms with Gasteiger partial charge in [-0.25, -0.2) is 9.97 Å². The van der Waals surface area contributed by atoms with E-state index in [1.807, 2.05) is 0 Å². The van der Waals surface area contributed by atoms with E-state index in [1.54, 1.807) is 0 Å². The molecule has 0 amide bonds. The van der Waals surface area contributed by atoms with E-state index in [4.69, 9.17) is 11.6 Å². The second-order valence-corrected chi connectivity index (χ2v) is 2.23. The molecule has 8 heavy (non-hydrogen) atoms. The van der Waals surface area contributed by atoms with Crippen molar-refractivity contribution in [2.45, 2.75) is 0 Å². The van der Waals surface area contributed by atoms with Gasteiger partial charge in [-0.3, -0.25) is 0 Å². The van der Waals surface area contributed by atoms with Crippen LogP contribution in [0.3, 0.4) is 0 Å². The summed E-state index contributed by atoms with van der Waals surface area (Å²) < 4.78 is 0.532. The monoisotopic (exact) mass is 191 g/mol. The minimum atomic E-state index is 0.371. The van der Waals surface area contributed by atoms with Crippen LogP contribution in [0.4, 0.5) is 0 Å². The number of hydrogen-bond acceptors (Lipinski definition) is 2. The van der Waals surface area contributed by atoms with Crippen molar-refractivity contribution in [1.29, 1.82) is 0 Å². The van der Waals surface area contributed by atoms with Gasteiger partial charge in [0.25, 0.3) is 0 Å². The molecule has 0 N–H and O–H groups in total. The molecule has 1 radical (unpaired) electrons. The molecule has 1 aromatic heterocycles. The Morgan fingerprint density at radius 2 is 2.50 bits per heavy atom. The molecule has 0 saturated carbocycles. The first-order chi connectivity index (χ1) is 3.79. The van der Waals surface area contributed by atoms with Crippen LogP contribution in [0.1, 0.15) is 0 Å². The van der Waals surface area contributed by atoms with E-state index >= 15 is 0 Å². The Morgan fingerprint density at radius 3 is 2.88 bits per heavy atom. The highest BCUT2D eigenvalue weighted by molar-refractivity contribution is 9.10. The Bertz CT molecular complexity index is 174. The van der Waals surface area contributed by atoms with Crippen molar-refractivity contribution in [3.8, 4) is 0 Å². The minimum absolute atomic E-state index is 0.371. The van der Waals surface area contributed by atoms with Crippen LogP contribution in [0.25, 0.3) is 0 Å². The van der Waals surface area contributed by atoms with Gasteiger partial charge < -0.3 is 0 Å². The van der Waals surface area contributed by atoms with Crippen molar-refractivity contribution in [2.24, 2.45) is 0 Å². The van der Waals surface area contributed by atoms with Crippen LogP contribution in [-0.4, -0.2) is 9.97 Å². The van der Waals surface area contributed by atoms with Gasteiger partial charge in [0.05, 0.1) is 6.20 Å². The fraction of sp³-hybridized carbons (Fsp3) is 0. The summed E-state index contributed by atoms with van der Waals surface area (Å²) in [5.41, 5.74) is 0. The highest BCUT2D eigenvalue weighted by atomic mass is 79.9. The molecule has 0 bridgehead atoms. The summed E-state index contributed by atoms with van der Waals surface area (Å²) in [6.45, 7) is 0. The molecule has 1 heterocycles. The normalized spacial score (nSPS) is 9.25. The van der Waals surface area contributed by atoms with E-state index in [2.05, 4.69) is 32.1 Å². The molecule has 0 aliphatic carbocycles. The van der Waals surface area contributed by atoms with Gasteiger partial charge in [0.1, 0.15) is 16.0 Å². The quantitative estimate of drug-likeness (QED) is 0.625. The Balaban J connectivity index is 3.08. The average Bonchev–Trinajstić information content (AvgIpc) is 1.64. The Labute approximate surface area is 60.0 Å². The summed E-state index contributed by atoms with van der Waals surface area (Å²) in [7, 11) is 0. The van der Waals surface area contributed by atoms with E-state index in [0.29, 0.717) is 9.76 Å². The fourth-order valence-electron chi connectivity index (χ4n) is 0.286. The molecule has 1 rings (SSSR count). The van der Waals surface area contributed by atoms with Gasteiger partial charge in [0, 0.05) is 0 Å². The van der Waals surface area contributed by atoms with Crippen LogP contribution in [-0.2, 0) is 0 Å². The maximum atomic E-state index is 5.42. The molecular weight excluding hydrogens is 191 g/mol. The lowest BCUT2D eigenvalue weighted by molar-refractivity contribution is 1.15. The number of rotatable bonds is 0. The predicted octanol–water partition coefficient (Wildman–Crippen LogP) is 1.69. The Morgan fingerprint density at radius 1 is 1.75 bits per heavy atom. The number of halogens is 2. The second-order valence-electron chi connectivity index (χ2n) is 1.10. The van der Waals surface area contributed by atoms with Crippen LogP contribution in [0, 0.1) is 6.20 Å². The molecule has 0 aliphatic heterocycles. The zero-order chi connectivity index (χ0) is 5.98. The lowest BCUT2D eigenvalue weighted by Gasteiger charge is -1.84. The number of nitrogens with zero attached hydrogens (tertiary/aromatic N) is 2. The fourth-order valence-corrected chi connectivity index (χ4v) is 0.815. The van der Waals surface area contributed by atoms with Crippen LogP contribution < -0.4 is 0 Å². The maximum Gasteiger partial charge on any atom is 0.148 e. The molecule has 4 heteroatoms. The molecule has 0 spiro atoms. The Hall–Kier alpha value is -0.150. The first kappa shape index (κ1) is 5.98. The van der Waals surface area contributed by atoms with Crippen molar-refractivity contribution < 1.29 is 0 Å². The lowest BCUT2D eigenvalue weighted by Crippen LogP contribution is -1.77. The summed E-state index contributed by atoms with van der Waals surface area (Å²) in [6.07, 6.45) is 3.97. The van der Waals surface area contributed by atoms with Gasteiger partial charge in [-0.2, -0.15) is 0 Å². The van der Waals surface area contributed by atoms with Crippen LogP contribution in [0.2, 0.25) is 5.15 Å². The molecular formula is C4HBrClN2. The van der Waals surface area contributed by atoms with Crippen LogP contribution in [0.5, 0.6) is 0 Å². The van der Waals surface area contributed by atoms with Gasteiger partial charge in [-0.15, -0.1) is 0 Å². The highest BCUT2D eigenvalue weighted by Gasteiger charge is 1.88. The topological polar surface area (TPSA) is 25.8 Å². The second kappa shape index (κ2) is 2.42. The predicted molar refractivity (Wildman–Crippen MR) is 33.6 cm³/mol. The van der Waals surface area contributed by atoms with Gasteiger partial charge in [0.15, 0.2) is 0 Å².